The average Bonchev–Trinajstić information content (AvgIpc) is 2.11. The number of para-hydroxylation sites is 1. The molecule has 0 saturated carbocycles. The van der Waals surface area contributed by atoms with Crippen molar-refractivity contribution in [3.63, 3.8) is 0 Å². The van der Waals surface area contributed by atoms with Crippen molar-refractivity contribution < 1.29 is 17.4 Å². The lowest BCUT2D eigenvalue weighted by Crippen LogP contribution is -2.07. The highest BCUT2D eigenvalue weighted by Crippen LogP contribution is 2.24. The first-order chi connectivity index (χ1) is 6.96. The summed E-state index contributed by atoms with van der Waals surface area (Å²) in [6, 6.07) is 5.16. The zero-order valence-corrected chi connectivity index (χ0v) is 9.04. The topological polar surface area (TPSA) is 72.8 Å². The van der Waals surface area contributed by atoms with Crippen molar-refractivity contribution >= 4 is 16.4 Å². The number of hydrogen-bond donors (Lipinski definition) is 0. The van der Waals surface area contributed by atoms with Crippen LogP contribution in [0.3, 0.4) is 0 Å². The lowest BCUT2D eigenvalue weighted by molar-refractivity contribution is 0.483. The lowest BCUT2D eigenvalue weighted by atomic mass is 10.1. The third-order valence-electron chi connectivity index (χ3n) is 1.75. The number of aryl methyl sites for hydroxylation is 2. The van der Waals surface area contributed by atoms with Crippen LogP contribution in [-0.2, 0) is 15.1 Å². The van der Waals surface area contributed by atoms with E-state index in [1.807, 2.05) is 0 Å². The standard InChI is InChI=1S/C9H9NO4S/c1-7-4-3-5-8(2)9(7)14-15(12,13)10-6-11/h3-5H,1-2H3. The summed E-state index contributed by atoms with van der Waals surface area (Å²) in [5.41, 5.74) is 1.30. The first kappa shape index (κ1) is 11.4. The van der Waals surface area contributed by atoms with E-state index in [9.17, 15) is 13.2 Å². The number of benzene rings is 1. The number of hydrogen-bond acceptors (Lipinski definition) is 4. The lowest BCUT2D eigenvalue weighted by Gasteiger charge is -2.07. The molecule has 1 rings (SSSR count). The third kappa shape index (κ3) is 2.90. The maximum atomic E-state index is 11.1. The Bertz CT molecular complexity index is 495. The Kier molecular flexibility index (Phi) is 3.24. The van der Waals surface area contributed by atoms with Gasteiger partial charge in [-0.15, -0.1) is 0 Å². The van der Waals surface area contributed by atoms with Crippen LogP contribution in [0.1, 0.15) is 11.1 Å². The first-order valence-corrected chi connectivity index (χ1v) is 5.42. The smallest absolute Gasteiger partial charge is 0.364 e. The molecule has 0 heterocycles. The van der Waals surface area contributed by atoms with E-state index in [1.54, 1.807) is 32.0 Å². The van der Waals surface area contributed by atoms with Gasteiger partial charge in [0.1, 0.15) is 5.75 Å². The number of isocyanates is 1. The average molecular weight is 227 g/mol. The summed E-state index contributed by atoms with van der Waals surface area (Å²) >= 11 is 0. The van der Waals surface area contributed by atoms with Gasteiger partial charge < -0.3 is 4.18 Å². The van der Waals surface area contributed by atoms with Crippen molar-refractivity contribution in [3.8, 4) is 5.75 Å². The van der Waals surface area contributed by atoms with Gasteiger partial charge in [-0.1, -0.05) is 18.2 Å². The molecule has 5 nitrogen and oxygen atoms in total. The van der Waals surface area contributed by atoms with Crippen LogP contribution in [0.4, 0.5) is 0 Å². The predicted molar refractivity (Wildman–Crippen MR) is 53.6 cm³/mol. The van der Waals surface area contributed by atoms with Crippen molar-refractivity contribution in [2.24, 2.45) is 4.40 Å². The fraction of sp³-hybridized carbons (Fsp3) is 0.222. The van der Waals surface area contributed by atoms with Crippen LogP contribution in [0.15, 0.2) is 22.6 Å². The predicted octanol–water partition coefficient (Wildman–Crippen LogP) is 1.26. The zero-order chi connectivity index (χ0) is 11.5. The van der Waals surface area contributed by atoms with Crippen LogP contribution >= 0.6 is 0 Å². The van der Waals surface area contributed by atoms with Gasteiger partial charge in [-0.2, -0.15) is 8.42 Å². The normalized spacial score (nSPS) is 10.5. The fourth-order valence-corrected chi connectivity index (χ4v) is 1.70. The first-order valence-electron chi connectivity index (χ1n) is 4.06. The van der Waals surface area contributed by atoms with Gasteiger partial charge in [-0.3, -0.25) is 0 Å². The summed E-state index contributed by atoms with van der Waals surface area (Å²) in [5, 5.41) is 0. The van der Waals surface area contributed by atoms with Crippen LogP contribution in [0.25, 0.3) is 0 Å². The van der Waals surface area contributed by atoms with Crippen LogP contribution in [0, 0.1) is 13.8 Å². The Hall–Kier alpha value is -1.65. The van der Waals surface area contributed by atoms with Crippen LogP contribution < -0.4 is 4.18 Å². The number of rotatable bonds is 3. The summed E-state index contributed by atoms with van der Waals surface area (Å²) in [6.45, 7) is 3.39. The van der Waals surface area contributed by atoms with Crippen molar-refractivity contribution in [3.05, 3.63) is 29.3 Å². The summed E-state index contributed by atoms with van der Waals surface area (Å²) in [6.07, 6.45) is 0.929. The van der Waals surface area contributed by atoms with E-state index < -0.39 is 10.3 Å². The maximum Gasteiger partial charge on any atom is 0.439 e. The second-order valence-corrected chi connectivity index (χ2v) is 4.12. The largest absolute Gasteiger partial charge is 0.439 e. The minimum absolute atomic E-state index is 0.191. The third-order valence-corrected chi connectivity index (χ3v) is 2.42. The molecule has 0 amide bonds. The summed E-state index contributed by atoms with van der Waals surface area (Å²) in [7, 11) is -4.23. The molecule has 0 spiro atoms. The molecule has 0 fully saturated rings. The molecule has 6 heteroatoms. The van der Waals surface area contributed by atoms with Crippen molar-refractivity contribution in [2.75, 3.05) is 0 Å². The monoisotopic (exact) mass is 227 g/mol. The van der Waals surface area contributed by atoms with Gasteiger partial charge >= 0.3 is 10.3 Å². The van der Waals surface area contributed by atoms with Crippen LogP contribution in [0.2, 0.25) is 0 Å². The van der Waals surface area contributed by atoms with E-state index in [-0.39, 0.29) is 5.75 Å². The Labute approximate surface area is 87.7 Å². The van der Waals surface area contributed by atoms with E-state index in [2.05, 4.69) is 8.58 Å². The minimum atomic E-state index is -4.23. The number of nitrogens with zero attached hydrogens (tertiary/aromatic N) is 1. The molecule has 1 aromatic rings. The van der Waals surface area contributed by atoms with Gasteiger partial charge in [-0.05, 0) is 29.4 Å². The molecule has 0 aliphatic carbocycles. The minimum Gasteiger partial charge on any atom is -0.364 e. The Balaban J connectivity index is 3.15. The summed E-state index contributed by atoms with van der Waals surface area (Å²) < 4.78 is 29.3. The summed E-state index contributed by atoms with van der Waals surface area (Å²) in [5.74, 6) is 0.191. The molecule has 0 radical (unpaired) electrons. The quantitative estimate of drug-likeness (QED) is 0.575. The van der Waals surface area contributed by atoms with E-state index in [1.165, 1.54) is 0 Å². The molecule has 80 valence electrons. The van der Waals surface area contributed by atoms with Crippen molar-refractivity contribution in [1.82, 2.24) is 0 Å². The van der Waals surface area contributed by atoms with Gasteiger partial charge in [-0.25, -0.2) is 4.79 Å². The fourth-order valence-electron chi connectivity index (χ4n) is 1.10. The van der Waals surface area contributed by atoms with E-state index in [0.717, 1.165) is 6.08 Å². The molecule has 0 saturated heterocycles. The molecule has 0 atom stereocenters. The van der Waals surface area contributed by atoms with Crippen LogP contribution in [-0.4, -0.2) is 14.5 Å². The van der Waals surface area contributed by atoms with Crippen molar-refractivity contribution in [1.29, 1.82) is 0 Å². The molecular formula is C9H9NO4S. The maximum absolute atomic E-state index is 11.1. The molecule has 0 bridgehead atoms. The SMILES string of the molecule is Cc1cccc(C)c1OS(=O)(=O)N=C=O. The Morgan fingerprint density at radius 1 is 1.27 bits per heavy atom. The van der Waals surface area contributed by atoms with E-state index in [4.69, 9.17) is 0 Å². The van der Waals surface area contributed by atoms with Gasteiger partial charge in [0.2, 0.25) is 0 Å². The van der Waals surface area contributed by atoms with Gasteiger partial charge in [0.15, 0.2) is 0 Å². The van der Waals surface area contributed by atoms with Gasteiger partial charge in [0, 0.05) is 0 Å². The molecule has 15 heavy (non-hydrogen) atoms. The van der Waals surface area contributed by atoms with Crippen molar-refractivity contribution in [2.45, 2.75) is 13.8 Å². The van der Waals surface area contributed by atoms with Crippen LogP contribution in [0.5, 0.6) is 5.75 Å². The molecule has 0 aromatic heterocycles. The molecule has 0 unspecified atom stereocenters. The molecule has 0 aliphatic rings. The van der Waals surface area contributed by atoms with Gasteiger partial charge in [0.25, 0.3) is 6.08 Å². The Morgan fingerprint density at radius 3 is 2.27 bits per heavy atom. The molecular weight excluding hydrogens is 218 g/mol. The summed E-state index contributed by atoms with van der Waals surface area (Å²) in [4.78, 5) is 9.83. The highest BCUT2D eigenvalue weighted by Gasteiger charge is 2.14. The highest BCUT2D eigenvalue weighted by molar-refractivity contribution is 7.85. The zero-order valence-electron chi connectivity index (χ0n) is 8.22. The number of carbonyl (C=O) groups excluding carboxylic acids is 1. The molecule has 0 aliphatic heterocycles. The van der Waals surface area contributed by atoms with Gasteiger partial charge in [0.05, 0.1) is 0 Å². The van der Waals surface area contributed by atoms with E-state index in [0.29, 0.717) is 11.1 Å². The second-order valence-electron chi connectivity index (χ2n) is 2.91. The molecule has 1 aromatic carbocycles. The Morgan fingerprint density at radius 2 is 1.80 bits per heavy atom. The highest BCUT2D eigenvalue weighted by atomic mass is 32.2. The molecule has 0 N–H and O–H groups in total. The van der Waals surface area contributed by atoms with E-state index >= 15 is 0 Å². The second kappa shape index (κ2) is 4.25.